The van der Waals surface area contributed by atoms with Crippen molar-refractivity contribution in [2.45, 2.75) is 43.9 Å². The van der Waals surface area contributed by atoms with E-state index in [1.807, 2.05) is 13.8 Å². The van der Waals surface area contributed by atoms with Crippen molar-refractivity contribution >= 4 is 29.2 Å². The number of halogens is 2. The van der Waals surface area contributed by atoms with Gasteiger partial charge in [0.2, 0.25) is 4.33 Å². The number of rotatable bonds is 6. The fraction of sp³-hybridized carbons (Fsp3) is 0.889. The van der Waals surface area contributed by atoms with E-state index < -0.39 is 10.3 Å². The van der Waals surface area contributed by atoms with Crippen LogP contribution in [0.2, 0.25) is 0 Å². The highest BCUT2D eigenvalue weighted by Crippen LogP contribution is 2.28. The number of ether oxygens (including phenoxy) is 1. The van der Waals surface area contributed by atoms with Gasteiger partial charge in [0.15, 0.2) is 0 Å². The summed E-state index contributed by atoms with van der Waals surface area (Å²) in [5, 5.41) is 0. The molecular weight excluding hydrogens is 211 g/mol. The van der Waals surface area contributed by atoms with Gasteiger partial charge in [0, 0.05) is 0 Å². The van der Waals surface area contributed by atoms with Crippen LogP contribution in [0.15, 0.2) is 0 Å². The standard InChI is InChI=1S/C9H16Cl2O2/c1-3-5-7-13-8(12)9(10,11)6-4-2/h3-7H2,1-2H3. The maximum Gasteiger partial charge on any atom is 0.342 e. The predicted octanol–water partition coefficient (Wildman–Crippen LogP) is 3.30. The van der Waals surface area contributed by atoms with Crippen LogP contribution in [0, 0.1) is 0 Å². The second kappa shape index (κ2) is 6.50. The third kappa shape index (κ3) is 5.37. The molecule has 0 aromatic rings. The molecule has 2 nitrogen and oxygen atoms in total. The maximum absolute atomic E-state index is 11.2. The Morgan fingerprint density at radius 2 is 1.92 bits per heavy atom. The van der Waals surface area contributed by atoms with Gasteiger partial charge < -0.3 is 4.74 Å². The molecule has 78 valence electrons. The molecule has 0 saturated heterocycles. The predicted molar refractivity (Wildman–Crippen MR) is 55.2 cm³/mol. The number of hydrogen-bond donors (Lipinski definition) is 0. The van der Waals surface area contributed by atoms with E-state index in [9.17, 15) is 4.79 Å². The molecule has 0 fully saturated rings. The third-order valence-corrected chi connectivity index (χ3v) is 2.28. The largest absolute Gasteiger partial charge is 0.463 e. The van der Waals surface area contributed by atoms with Crippen molar-refractivity contribution in [3.8, 4) is 0 Å². The Morgan fingerprint density at radius 1 is 1.31 bits per heavy atom. The van der Waals surface area contributed by atoms with Gasteiger partial charge >= 0.3 is 5.97 Å². The van der Waals surface area contributed by atoms with Gasteiger partial charge in [-0.25, -0.2) is 4.79 Å². The number of esters is 1. The Bertz CT molecular complexity index is 158. The molecule has 0 rings (SSSR count). The van der Waals surface area contributed by atoms with Crippen LogP contribution in [0.25, 0.3) is 0 Å². The second-order valence-corrected chi connectivity index (χ2v) is 4.43. The maximum atomic E-state index is 11.2. The van der Waals surface area contributed by atoms with Gasteiger partial charge in [0.1, 0.15) is 0 Å². The first-order valence-electron chi connectivity index (χ1n) is 4.59. The van der Waals surface area contributed by atoms with Gasteiger partial charge in [-0.1, -0.05) is 49.9 Å². The summed E-state index contributed by atoms with van der Waals surface area (Å²) in [6, 6.07) is 0. The lowest BCUT2D eigenvalue weighted by atomic mass is 10.2. The van der Waals surface area contributed by atoms with Crippen molar-refractivity contribution in [3.63, 3.8) is 0 Å². The molecule has 0 spiro atoms. The number of unbranched alkanes of at least 4 members (excludes halogenated alkanes) is 1. The molecule has 0 aromatic carbocycles. The van der Waals surface area contributed by atoms with Crippen molar-refractivity contribution < 1.29 is 9.53 Å². The highest BCUT2D eigenvalue weighted by Gasteiger charge is 2.34. The molecule has 0 saturated carbocycles. The molecule has 13 heavy (non-hydrogen) atoms. The van der Waals surface area contributed by atoms with Crippen LogP contribution in [0.1, 0.15) is 39.5 Å². The van der Waals surface area contributed by atoms with E-state index in [4.69, 9.17) is 27.9 Å². The van der Waals surface area contributed by atoms with Gasteiger partial charge in [-0.15, -0.1) is 0 Å². The first-order valence-corrected chi connectivity index (χ1v) is 5.35. The Balaban J connectivity index is 3.80. The smallest absolute Gasteiger partial charge is 0.342 e. The lowest BCUT2D eigenvalue weighted by Crippen LogP contribution is -2.28. The van der Waals surface area contributed by atoms with Crippen LogP contribution in [-0.4, -0.2) is 16.9 Å². The van der Waals surface area contributed by atoms with Gasteiger partial charge in [0.05, 0.1) is 6.61 Å². The second-order valence-electron chi connectivity index (χ2n) is 2.94. The minimum absolute atomic E-state index is 0.403. The lowest BCUT2D eigenvalue weighted by Gasteiger charge is -2.16. The summed E-state index contributed by atoms with van der Waals surface area (Å²) in [6.45, 7) is 4.34. The summed E-state index contributed by atoms with van der Waals surface area (Å²) >= 11 is 11.5. The highest BCUT2D eigenvalue weighted by atomic mass is 35.5. The number of alkyl halides is 2. The van der Waals surface area contributed by atoms with Crippen molar-refractivity contribution in [1.82, 2.24) is 0 Å². The van der Waals surface area contributed by atoms with E-state index in [1.54, 1.807) is 0 Å². The van der Waals surface area contributed by atoms with Crippen LogP contribution in [0.3, 0.4) is 0 Å². The van der Waals surface area contributed by atoms with E-state index in [1.165, 1.54) is 0 Å². The van der Waals surface area contributed by atoms with E-state index >= 15 is 0 Å². The van der Waals surface area contributed by atoms with E-state index in [0.717, 1.165) is 19.3 Å². The minimum Gasteiger partial charge on any atom is -0.463 e. The van der Waals surface area contributed by atoms with Gasteiger partial charge in [-0.05, 0) is 12.8 Å². The minimum atomic E-state index is -1.36. The summed E-state index contributed by atoms with van der Waals surface area (Å²) in [7, 11) is 0. The molecule has 0 aliphatic heterocycles. The molecule has 0 N–H and O–H groups in total. The Hall–Kier alpha value is 0.0500. The summed E-state index contributed by atoms with van der Waals surface area (Å²) in [5.41, 5.74) is 0. The van der Waals surface area contributed by atoms with Gasteiger partial charge in [-0.3, -0.25) is 0 Å². The molecule has 0 heterocycles. The summed E-state index contributed by atoms with van der Waals surface area (Å²) in [5.74, 6) is -0.522. The van der Waals surface area contributed by atoms with Crippen molar-refractivity contribution in [2.24, 2.45) is 0 Å². The molecule has 0 amide bonds. The average molecular weight is 227 g/mol. The van der Waals surface area contributed by atoms with Crippen molar-refractivity contribution in [3.05, 3.63) is 0 Å². The first-order chi connectivity index (χ1) is 6.04. The average Bonchev–Trinajstić information content (AvgIpc) is 2.04. The molecular formula is C9H16Cl2O2. The third-order valence-electron chi connectivity index (χ3n) is 1.59. The summed E-state index contributed by atoms with van der Waals surface area (Å²) < 4.78 is 3.54. The van der Waals surface area contributed by atoms with Crippen molar-refractivity contribution in [1.29, 1.82) is 0 Å². The highest BCUT2D eigenvalue weighted by molar-refractivity contribution is 6.57. The van der Waals surface area contributed by atoms with Gasteiger partial charge in [-0.2, -0.15) is 0 Å². The SMILES string of the molecule is CCCCOC(=O)C(Cl)(Cl)CCC. The van der Waals surface area contributed by atoms with E-state index in [2.05, 4.69) is 0 Å². The van der Waals surface area contributed by atoms with Crippen LogP contribution in [0.4, 0.5) is 0 Å². The summed E-state index contributed by atoms with van der Waals surface area (Å²) in [6.07, 6.45) is 3.03. The Labute approximate surface area is 89.5 Å². The quantitative estimate of drug-likeness (QED) is 0.395. The first kappa shape index (κ1) is 13.1. The normalized spacial score (nSPS) is 11.4. The van der Waals surface area contributed by atoms with E-state index in [0.29, 0.717) is 13.0 Å². The molecule has 0 aromatic heterocycles. The van der Waals surface area contributed by atoms with Gasteiger partial charge in [0.25, 0.3) is 0 Å². The zero-order valence-corrected chi connectivity index (χ0v) is 9.62. The fourth-order valence-corrected chi connectivity index (χ4v) is 1.32. The zero-order valence-electron chi connectivity index (χ0n) is 8.11. The fourth-order valence-electron chi connectivity index (χ4n) is 0.831. The monoisotopic (exact) mass is 226 g/mol. The molecule has 4 heteroatoms. The lowest BCUT2D eigenvalue weighted by molar-refractivity contribution is -0.144. The number of carbonyl (C=O) groups excluding carboxylic acids is 1. The Kier molecular flexibility index (Phi) is 6.52. The Morgan fingerprint density at radius 3 is 2.38 bits per heavy atom. The molecule has 0 radical (unpaired) electrons. The van der Waals surface area contributed by atoms with Crippen LogP contribution in [-0.2, 0) is 9.53 Å². The number of hydrogen-bond acceptors (Lipinski definition) is 2. The zero-order chi connectivity index (χ0) is 10.3. The molecule has 0 atom stereocenters. The van der Waals surface area contributed by atoms with Crippen LogP contribution < -0.4 is 0 Å². The number of carbonyl (C=O) groups is 1. The van der Waals surface area contributed by atoms with Crippen molar-refractivity contribution in [2.75, 3.05) is 6.61 Å². The molecule has 0 unspecified atom stereocenters. The molecule has 0 bridgehead atoms. The van der Waals surface area contributed by atoms with E-state index in [-0.39, 0.29) is 0 Å². The molecule has 0 aliphatic rings. The van der Waals surface area contributed by atoms with Crippen LogP contribution >= 0.6 is 23.2 Å². The molecule has 0 aliphatic carbocycles. The summed E-state index contributed by atoms with van der Waals surface area (Å²) in [4.78, 5) is 11.2. The topological polar surface area (TPSA) is 26.3 Å². The van der Waals surface area contributed by atoms with Crippen LogP contribution in [0.5, 0.6) is 0 Å².